The van der Waals surface area contributed by atoms with Crippen molar-refractivity contribution in [1.29, 1.82) is 5.26 Å². The van der Waals surface area contributed by atoms with Crippen LogP contribution in [0.3, 0.4) is 0 Å². The summed E-state index contributed by atoms with van der Waals surface area (Å²) in [6.07, 6.45) is 33.9. The number of nitriles is 1. The van der Waals surface area contributed by atoms with Crippen molar-refractivity contribution in [2.45, 2.75) is 490 Å². The van der Waals surface area contributed by atoms with E-state index in [0.717, 1.165) is 151 Å². The summed E-state index contributed by atoms with van der Waals surface area (Å²) < 4.78 is 28.7. The Kier molecular flexibility index (Phi) is 69.0. The molecule has 0 radical (unpaired) electrons. The van der Waals surface area contributed by atoms with Crippen LogP contribution >= 0.6 is 34.8 Å². The highest BCUT2D eigenvalue weighted by molar-refractivity contribution is 6.31. The summed E-state index contributed by atoms with van der Waals surface area (Å²) in [5.74, 6) is 16.5. The van der Waals surface area contributed by atoms with Gasteiger partial charge in [0.2, 0.25) is 5.92 Å². The topological polar surface area (TPSA) is 33.6 Å². The second kappa shape index (κ2) is 70.1. The predicted octanol–water partition coefficient (Wildman–Crippen LogP) is 45.8. The molecule has 838 valence electrons. The molecule has 3 atom stereocenters. The zero-order chi connectivity index (χ0) is 112. The van der Waals surface area contributed by atoms with Crippen LogP contribution in [0.1, 0.15) is 487 Å². The molecule has 8 heteroatoms. The Labute approximate surface area is 919 Å². The van der Waals surface area contributed by atoms with Gasteiger partial charge >= 0.3 is 0 Å². The predicted molar refractivity (Wildman–Crippen MR) is 651 cm³/mol. The minimum atomic E-state index is -2.32. The monoisotopic (exact) mass is 2070 g/mol. The molecule has 1 spiro atoms. The molecular weight excluding hydrogens is 1830 g/mol. The molecule has 4 aromatic carbocycles. The summed E-state index contributed by atoms with van der Waals surface area (Å²) in [5, 5.41) is 11.4. The van der Waals surface area contributed by atoms with Gasteiger partial charge in [-0.15, -0.1) is 0 Å². The van der Waals surface area contributed by atoms with E-state index in [1.54, 1.807) is 44.1 Å². The van der Waals surface area contributed by atoms with Crippen molar-refractivity contribution in [3.05, 3.63) is 188 Å². The van der Waals surface area contributed by atoms with Crippen molar-refractivity contribution in [2.75, 3.05) is 0 Å². The van der Waals surface area contributed by atoms with E-state index >= 15 is 0 Å². The van der Waals surface area contributed by atoms with E-state index < -0.39 is 5.92 Å². The van der Waals surface area contributed by atoms with E-state index in [0.29, 0.717) is 51.8 Å². The van der Waals surface area contributed by atoms with Crippen LogP contribution in [-0.4, -0.2) is 15.1 Å². The molecule has 2 aromatic heterocycles. The highest BCUT2D eigenvalue weighted by atomic mass is 35.5. The lowest BCUT2D eigenvalue weighted by Crippen LogP contribution is -2.54. The second-order valence-electron chi connectivity index (χ2n) is 54.6. The van der Waals surface area contributed by atoms with Crippen LogP contribution in [0.25, 0.3) is 0 Å². The van der Waals surface area contributed by atoms with Crippen molar-refractivity contribution in [3.63, 3.8) is 0 Å². The van der Waals surface area contributed by atoms with Gasteiger partial charge in [-0.3, -0.25) is 0 Å². The van der Waals surface area contributed by atoms with Gasteiger partial charge < -0.3 is 9.13 Å². The van der Waals surface area contributed by atoms with Crippen LogP contribution in [0.2, 0.25) is 15.1 Å². The van der Waals surface area contributed by atoms with Gasteiger partial charge in [-0.05, 0) is 348 Å². The largest absolute Gasteiger partial charge is 0.354 e. The molecular formula is C137H240Cl3F2N3. The lowest BCUT2D eigenvalue weighted by atomic mass is 9.41. The molecule has 0 saturated heterocycles. The maximum atomic E-state index is 12.1. The highest BCUT2D eigenvalue weighted by Gasteiger charge is 2.63. The zero-order valence-corrected chi connectivity index (χ0v) is 107. The van der Waals surface area contributed by atoms with Crippen molar-refractivity contribution < 1.29 is 8.78 Å². The maximum absolute atomic E-state index is 12.1. The summed E-state index contributed by atoms with van der Waals surface area (Å²) in [6, 6.07) is 46.1. The van der Waals surface area contributed by atoms with E-state index in [-0.39, 0.29) is 24.2 Å². The van der Waals surface area contributed by atoms with Crippen LogP contribution in [0, 0.1) is 180 Å². The smallest absolute Gasteiger partial charge is 0.248 e. The third-order valence-corrected chi connectivity index (χ3v) is 36.6. The second-order valence-corrected chi connectivity index (χ2v) is 55.9. The Hall–Kier alpha value is -4.34. The van der Waals surface area contributed by atoms with Crippen LogP contribution in [0.5, 0.6) is 0 Å². The SMILES string of the molecule is CC(C)C(C)(C#N)C(C)C.CC(C)C(C)(C)C.CC(C)C(C)C.CC(C)C(C)c1cccn1C.CC(C)C1(C)CCC1.CC(C)C1(c2ccccc2)CCC1.CC(C)C12CC(C1)C2.CC(C)C1CC(F)(F)C1.CC(C)C1CC12CC2.CC(C)C1CCC1.CC(C)Cc1ccc(Cl)cc1.CC(C)Cc1cccc(Cl)c1.CC(C)Cc1ccccc1Cl.CC(C)Cc1cccn1C.CCC(C)(C)C(C)C.CCC(C)C(C)C. The Morgan fingerprint density at radius 3 is 1.09 bits per heavy atom. The first-order chi connectivity index (χ1) is 66.8. The molecule has 9 fully saturated rings. The summed E-state index contributed by atoms with van der Waals surface area (Å²) >= 11 is 17.5. The summed E-state index contributed by atoms with van der Waals surface area (Å²) in [4.78, 5) is 0. The minimum absolute atomic E-state index is 0.116. The van der Waals surface area contributed by atoms with Crippen LogP contribution in [0.15, 0.2) is 140 Å². The number of hydrogen-bond donors (Lipinski definition) is 0. The molecule has 145 heavy (non-hydrogen) atoms. The first-order valence-corrected chi connectivity index (χ1v) is 60.2. The van der Waals surface area contributed by atoms with Crippen LogP contribution in [0.4, 0.5) is 8.78 Å². The third kappa shape index (κ3) is 56.9. The zero-order valence-electron chi connectivity index (χ0n) is 105. The first-order valence-electron chi connectivity index (χ1n) is 59.1. The Balaban J connectivity index is 0. The fraction of sp³-hybridized carbons (Fsp3) is 0.759. The summed E-state index contributed by atoms with van der Waals surface area (Å²) in [6.45, 7) is 106. The summed E-state index contributed by atoms with van der Waals surface area (Å²) in [7, 11) is 4.20. The van der Waals surface area contributed by atoms with Gasteiger partial charge in [-0.1, -0.05) is 471 Å². The van der Waals surface area contributed by atoms with Gasteiger partial charge in [0.15, 0.2) is 0 Å². The molecule has 0 amide bonds. The van der Waals surface area contributed by atoms with Crippen LogP contribution < -0.4 is 0 Å². The number of hydrogen-bond acceptors (Lipinski definition) is 1. The molecule has 2 bridgehead atoms. The first kappa shape index (κ1) is 143. The van der Waals surface area contributed by atoms with Crippen molar-refractivity contribution in [1.82, 2.24) is 9.13 Å². The van der Waals surface area contributed by atoms with E-state index in [4.69, 9.17) is 40.1 Å². The highest BCUT2D eigenvalue weighted by Crippen LogP contribution is 2.73. The molecule has 9 saturated carbocycles. The average molecular weight is 2070 g/mol. The number of rotatable bonds is 24. The Morgan fingerprint density at radius 2 is 0.869 bits per heavy atom. The number of alkyl halides is 2. The standard InChI is InChI=1S/C13H18.3C10H13Cl.C10H17N.C9H15N.C9H17N.2C8H14.C8H16.C8H18.C7H12F2.C7H14.2C7H16.C6H14/c1-11(2)13(9-6-10-13)12-7-4-3-5-8-12;1-8(2)7-9-3-5-10(11)6-4-9;1-8(2)6-9-4-3-5-10(11)7-9;1-8(2)7-9-5-3-4-6-10(9)11;1-8(2)9(3)10-6-5-7-11(10)4;1-8(2)7-9-5-4-6-10(9)3;1-7(2)9(5,6-10)8(3)4;1-6(2)8-3-7(4-8)5-8;1-6(2)7-5-8(7)3-4-8;1-7(2)8(3)5-4-6-8;1-6-8(4,5)7(2)3;1-5(2)6-3-7(8,9)4-6;1-6(2)7-4-3-5-7;1-6(2)7(3,4)5;1-5-7(4)6(2)3;1-5(2)6(3)4/h3-5,7-8,11H,6,9-10H2,1-2H3;3-6,8H,7H2,1-2H3;3-5,7-8H,6H2,1-2H3;3-6,8H,7H2,1-2H3;5-9H,1-4H3;4-6,8H,7H2,1-3H3;7-8H,1-5H3;2*6-7H,3-5H2,1-2H3;7H,4-6H2,1-3H3;7H,6H2,1-5H3;5-6H,3-4H2,1-2H3;6-7H,3-5H2,1-2H3;6H,1-5H3;6-7H,5H2,1-4H3;5-6H,1-4H3. The lowest BCUT2D eigenvalue weighted by molar-refractivity contribution is -0.141. The van der Waals surface area contributed by atoms with Gasteiger partial charge in [0.05, 0.1) is 11.5 Å². The van der Waals surface area contributed by atoms with Gasteiger partial charge in [-0.25, -0.2) is 8.78 Å². The van der Waals surface area contributed by atoms with Gasteiger partial charge in [-0.2, -0.15) is 5.26 Å². The normalized spacial score (nSPS) is 18.4. The Bertz CT molecular complexity index is 4150. The van der Waals surface area contributed by atoms with Crippen molar-refractivity contribution >= 4 is 34.8 Å². The number of aromatic nitrogens is 2. The average Bonchev–Trinajstić information content (AvgIpc) is 1.54. The van der Waals surface area contributed by atoms with Crippen molar-refractivity contribution in [3.8, 4) is 6.07 Å². The van der Waals surface area contributed by atoms with Gasteiger partial charge in [0, 0.05) is 65.8 Å². The van der Waals surface area contributed by atoms with E-state index in [9.17, 15) is 8.78 Å². The molecule has 3 unspecified atom stereocenters. The minimum Gasteiger partial charge on any atom is -0.354 e. The lowest BCUT2D eigenvalue weighted by Gasteiger charge is -2.64. The molecule has 3 nitrogen and oxygen atoms in total. The molecule has 6 aromatic rings. The van der Waals surface area contributed by atoms with Gasteiger partial charge in [0.25, 0.3) is 0 Å². The number of benzene rings is 4. The molecule has 0 N–H and O–H groups in total. The fourth-order valence-electron chi connectivity index (χ4n) is 18.0. The number of nitrogens with zero attached hydrogens (tertiary/aromatic N) is 3. The maximum Gasteiger partial charge on any atom is 0.248 e. The fourth-order valence-corrected chi connectivity index (χ4v) is 18.5. The number of aryl methyl sites for hydroxylation is 2. The number of halogens is 5. The Morgan fingerprint density at radius 1 is 0.414 bits per heavy atom. The van der Waals surface area contributed by atoms with Gasteiger partial charge in [0.1, 0.15) is 0 Å². The van der Waals surface area contributed by atoms with Crippen molar-refractivity contribution in [2.24, 2.45) is 183 Å². The molecule has 15 rings (SSSR count). The summed E-state index contributed by atoms with van der Waals surface area (Å²) in [5.41, 5.74) is 12.3. The molecule has 9 aliphatic rings. The van der Waals surface area contributed by atoms with Crippen LogP contribution in [-0.2, 0) is 45.2 Å². The third-order valence-electron chi connectivity index (χ3n) is 35.8. The van der Waals surface area contributed by atoms with E-state index in [2.05, 4.69) is 425 Å². The molecule has 9 aliphatic carbocycles. The van der Waals surface area contributed by atoms with E-state index in [1.165, 1.54) is 105 Å². The quantitative estimate of drug-likeness (QED) is 0.0595. The van der Waals surface area contributed by atoms with E-state index in [1.807, 2.05) is 69.3 Å². The molecule has 0 aliphatic heterocycles. The molecule has 2 heterocycles.